The van der Waals surface area contributed by atoms with Gasteiger partial charge in [-0.25, -0.2) is 0 Å². The smallest absolute Gasteiger partial charge is 0.191 e. The van der Waals surface area contributed by atoms with E-state index in [0.717, 1.165) is 32.9 Å². The number of hydrogen-bond acceptors (Lipinski definition) is 3. The van der Waals surface area contributed by atoms with Crippen LogP contribution in [0.3, 0.4) is 0 Å². The van der Waals surface area contributed by atoms with Crippen LogP contribution in [-0.4, -0.2) is 14.8 Å². The molecule has 0 aliphatic heterocycles. The van der Waals surface area contributed by atoms with Gasteiger partial charge in [0.05, 0.1) is 0 Å². The largest absolute Gasteiger partial charge is 0.305 e. The van der Waals surface area contributed by atoms with Crippen molar-refractivity contribution in [1.29, 1.82) is 0 Å². The van der Waals surface area contributed by atoms with Crippen LogP contribution in [0.1, 0.15) is 11.1 Å². The molecular weight excluding hydrogens is 314 g/mol. The lowest BCUT2D eigenvalue weighted by atomic mass is 10.1. The van der Waals surface area contributed by atoms with E-state index in [0.29, 0.717) is 0 Å². The molecule has 3 aromatic rings. The zero-order chi connectivity index (χ0) is 15.5. The van der Waals surface area contributed by atoms with Gasteiger partial charge in [0.1, 0.15) is 0 Å². The molecule has 0 N–H and O–H groups in total. The minimum Gasteiger partial charge on any atom is -0.305 e. The first-order chi connectivity index (χ1) is 10.6. The molecule has 2 aromatic carbocycles. The van der Waals surface area contributed by atoms with Gasteiger partial charge in [-0.15, -0.1) is 10.2 Å². The predicted octanol–water partition coefficient (Wildman–Crippen LogP) is 4.74. The number of halogens is 1. The highest BCUT2D eigenvalue weighted by atomic mass is 35.5. The van der Waals surface area contributed by atoms with Crippen molar-refractivity contribution in [3.8, 4) is 11.4 Å². The molecule has 3 rings (SSSR count). The lowest BCUT2D eigenvalue weighted by Crippen LogP contribution is -1.95. The number of aromatic nitrogens is 3. The Hall–Kier alpha value is -1.78. The Morgan fingerprint density at radius 1 is 1.09 bits per heavy atom. The molecule has 0 unspecified atom stereocenters. The lowest BCUT2D eigenvalue weighted by molar-refractivity contribution is 0.794. The average molecular weight is 330 g/mol. The fourth-order valence-corrected chi connectivity index (χ4v) is 3.43. The molecule has 112 valence electrons. The first-order valence-corrected chi connectivity index (χ1v) is 8.34. The third-order valence-electron chi connectivity index (χ3n) is 3.43. The Morgan fingerprint density at radius 2 is 1.91 bits per heavy atom. The number of aryl methyl sites for hydroxylation is 1. The molecule has 3 nitrogen and oxygen atoms in total. The second-order valence-electron chi connectivity index (χ2n) is 5.11. The van der Waals surface area contributed by atoms with Gasteiger partial charge in [0.2, 0.25) is 0 Å². The van der Waals surface area contributed by atoms with E-state index in [1.165, 1.54) is 5.56 Å². The summed E-state index contributed by atoms with van der Waals surface area (Å²) < 4.78 is 2.02. The summed E-state index contributed by atoms with van der Waals surface area (Å²) in [4.78, 5) is 0. The van der Waals surface area contributed by atoms with Gasteiger partial charge in [-0.05, 0) is 24.6 Å². The molecule has 1 aromatic heterocycles. The van der Waals surface area contributed by atoms with Crippen molar-refractivity contribution in [2.75, 3.05) is 0 Å². The van der Waals surface area contributed by atoms with Crippen LogP contribution in [0.25, 0.3) is 11.4 Å². The van der Waals surface area contributed by atoms with Gasteiger partial charge in [0, 0.05) is 23.4 Å². The molecule has 0 saturated heterocycles. The van der Waals surface area contributed by atoms with E-state index in [9.17, 15) is 0 Å². The number of hydrogen-bond donors (Lipinski definition) is 0. The first kappa shape index (κ1) is 15.1. The van der Waals surface area contributed by atoms with Gasteiger partial charge in [-0.2, -0.15) is 0 Å². The molecule has 5 heteroatoms. The highest BCUT2D eigenvalue weighted by molar-refractivity contribution is 7.98. The standard InChI is InChI=1S/C17H16ClN3S/c1-12-6-5-8-13(10-12)16-19-20-17(21(16)2)22-11-14-7-3-4-9-15(14)18/h3-10H,11H2,1-2H3. The van der Waals surface area contributed by atoms with E-state index < -0.39 is 0 Å². The number of thioether (sulfide) groups is 1. The maximum atomic E-state index is 6.19. The van der Waals surface area contributed by atoms with Crippen LogP contribution in [0.15, 0.2) is 53.7 Å². The third kappa shape index (κ3) is 3.18. The van der Waals surface area contributed by atoms with Gasteiger partial charge in [0.25, 0.3) is 0 Å². The quantitative estimate of drug-likeness (QED) is 0.648. The minimum absolute atomic E-state index is 0.777. The molecule has 0 atom stereocenters. The second kappa shape index (κ2) is 6.55. The van der Waals surface area contributed by atoms with Crippen LogP contribution < -0.4 is 0 Å². The average Bonchev–Trinajstić information content (AvgIpc) is 2.87. The van der Waals surface area contributed by atoms with Gasteiger partial charge < -0.3 is 4.57 Å². The third-order valence-corrected chi connectivity index (χ3v) is 4.86. The Morgan fingerprint density at radius 3 is 2.68 bits per heavy atom. The van der Waals surface area contributed by atoms with Crippen LogP contribution in [0, 0.1) is 6.92 Å². The molecule has 0 saturated carbocycles. The summed E-state index contributed by atoms with van der Waals surface area (Å²) in [5, 5.41) is 10.3. The van der Waals surface area contributed by atoms with Crippen molar-refractivity contribution >= 4 is 23.4 Å². The van der Waals surface area contributed by atoms with Crippen molar-refractivity contribution in [2.45, 2.75) is 17.8 Å². The van der Waals surface area contributed by atoms with E-state index in [2.05, 4.69) is 35.3 Å². The van der Waals surface area contributed by atoms with Crippen molar-refractivity contribution in [3.63, 3.8) is 0 Å². The van der Waals surface area contributed by atoms with Crippen molar-refractivity contribution in [1.82, 2.24) is 14.8 Å². The van der Waals surface area contributed by atoms with E-state index in [1.807, 2.05) is 41.9 Å². The van der Waals surface area contributed by atoms with E-state index in [-0.39, 0.29) is 0 Å². The maximum Gasteiger partial charge on any atom is 0.191 e. The number of nitrogens with zero attached hydrogens (tertiary/aromatic N) is 3. The minimum atomic E-state index is 0.777. The highest BCUT2D eigenvalue weighted by Crippen LogP contribution is 2.27. The summed E-state index contributed by atoms with van der Waals surface area (Å²) in [5.41, 5.74) is 3.40. The van der Waals surface area contributed by atoms with Crippen molar-refractivity contribution in [3.05, 3.63) is 64.7 Å². The molecule has 0 amide bonds. The van der Waals surface area contributed by atoms with Crippen molar-refractivity contribution < 1.29 is 0 Å². The zero-order valence-corrected chi connectivity index (χ0v) is 14.0. The summed E-state index contributed by atoms with van der Waals surface area (Å²) in [6.07, 6.45) is 0. The van der Waals surface area contributed by atoms with Crippen LogP contribution in [0.5, 0.6) is 0 Å². The zero-order valence-electron chi connectivity index (χ0n) is 12.5. The molecule has 0 bridgehead atoms. The van der Waals surface area contributed by atoms with E-state index in [4.69, 9.17) is 11.6 Å². The van der Waals surface area contributed by atoms with Crippen LogP contribution >= 0.6 is 23.4 Å². The van der Waals surface area contributed by atoms with E-state index >= 15 is 0 Å². The summed E-state index contributed by atoms with van der Waals surface area (Å²) in [6, 6.07) is 16.2. The molecule has 0 fully saturated rings. The van der Waals surface area contributed by atoms with Gasteiger partial charge in [-0.3, -0.25) is 0 Å². The van der Waals surface area contributed by atoms with E-state index in [1.54, 1.807) is 11.8 Å². The lowest BCUT2D eigenvalue weighted by Gasteiger charge is -2.05. The first-order valence-electron chi connectivity index (χ1n) is 6.98. The van der Waals surface area contributed by atoms with Crippen LogP contribution in [0.2, 0.25) is 5.02 Å². The van der Waals surface area contributed by atoms with Gasteiger partial charge in [-0.1, -0.05) is 65.3 Å². The van der Waals surface area contributed by atoms with Crippen LogP contribution in [-0.2, 0) is 12.8 Å². The Balaban J connectivity index is 1.81. The molecular formula is C17H16ClN3S. The predicted molar refractivity (Wildman–Crippen MR) is 92.2 cm³/mol. The second-order valence-corrected chi connectivity index (χ2v) is 6.46. The SMILES string of the molecule is Cc1cccc(-c2nnc(SCc3ccccc3Cl)n2C)c1. The number of benzene rings is 2. The monoisotopic (exact) mass is 329 g/mol. The number of rotatable bonds is 4. The summed E-state index contributed by atoms with van der Waals surface area (Å²) in [6.45, 7) is 2.08. The van der Waals surface area contributed by atoms with Gasteiger partial charge in [0.15, 0.2) is 11.0 Å². The molecule has 0 aliphatic rings. The maximum absolute atomic E-state index is 6.19. The Labute approximate surface area is 139 Å². The molecule has 22 heavy (non-hydrogen) atoms. The van der Waals surface area contributed by atoms with Crippen molar-refractivity contribution in [2.24, 2.45) is 7.05 Å². The molecule has 0 aliphatic carbocycles. The topological polar surface area (TPSA) is 30.7 Å². The summed E-state index contributed by atoms with van der Waals surface area (Å²) >= 11 is 7.83. The highest BCUT2D eigenvalue weighted by Gasteiger charge is 2.12. The normalized spacial score (nSPS) is 10.9. The van der Waals surface area contributed by atoms with Gasteiger partial charge >= 0.3 is 0 Å². The summed E-state index contributed by atoms with van der Waals surface area (Å²) in [5.74, 6) is 1.66. The Kier molecular flexibility index (Phi) is 4.50. The molecule has 0 radical (unpaired) electrons. The fraction of sp³-hybridized carbons (Fsp3) is 0.176. The fourth-order valence-electron chi connectivity index (χ4n) is 2.23. The Bertz CT molecular complexity index is 798. The summed E-state index contributed by atoms with van der Waals surface area (Å²) in [7, 11) is 1.99. The molecule has 1 heterocycles. The van der Waals surface area contributed by atoms with Crippen LogP contribution in [0.4, 0.5) is 0 Å². The molecule has 0 spiro atoms.